The Balaban J connectivity index is 2.10. The summed E-state index contributed by atoms with van der Waals surface area (Å²) >= 11 is 0. The molecule has 4 atom stereocenters. The third-order valence-electron chi connectivity index (χ3n) is 2.43. The van der Waals surface area contributed by atoms with E-state index in [1.807, 2.05) is 0 Å². The third kappa shape index (κ3) is 0.689. The second kappa shape index (κ2) is 1.68. The van der Waals surface area contributed by atoms with Gasteiger partial charge in [-0.15, -0.1) is 0 Å². The Morgan fingerprint density at radius 1 is 1.33 bits per heavy atom. The summed E-state index contributed by atoms with van der Waals surface area (Å²) in [6.07, 6.45) is 1.67. The fourth-order valence-corrected chi connectivity index (χ4v) is 1.86. The highest BCUT2D eigenvalue weighted by molar-refractivity contribution is 5.04. The van der Waals surface area contributed by atoms with E-state index in [1.165, 1.54) is 0 Å². The van der Waals surface area contributed by atoms with Gasteiger partial charge in [-0.2, -0.15) is 0 Å². The molecular weight excluding hydrogens is 116 g/mol. The molecule has 0 radical (unpaired) electrons. The van der Waals surface area contributed by atoms with Crippen molar-refractivity contribution < 1.29 is 5.11 Å². The molecule has 0 spiro atoms. The molecule has 0 aromatic carbocycles. The Labute approximate surface area is 54.2 Å². The van der Waals surface area contributed by atoms with Crippen LogP contribution in [0, 0.1) is 0 Å². The molecule has 3 nitrogen and oxygen atoms in total. The first-order valence-electron chi connectivity index (χ1n) is 3.47. The van der Waals surface area contributed by atoms with Crippen molar-refractivity contribution in [2.24, 2.45) is 5.73 Å². The average molecular weight is 128 g/mol. The van der Waals surface area contributed by atoms with E-state index in [9.17, 15) is 5.11 Å². The summed E-state index contributed by atoms with van der Waals surface area (Å²) in [5.74, 6) is 0. The van der Waals surface area contributed by atoms with Crippen LogP contribution in [-0.2, 0) is 0 Å². The molecule has 2 fully saturated rings. The Hall–Kier alpha value is -0.120. The summed E-state index contributed by atoms with van der Waals surface area (Å²) in [6, 6.07) is 0.980. The highest BCUT2D eigenvalue weighted by atomic mass is 16.3. The maximum atomic E-state index is 9.22. The summed E-state index contributed by atoms with van der Waals surface area (Å²) in [5.41, 5.74) is 5.71. The van der Waals surface area contributed by atoms with E-state index in [4.69, 9.17) is 5.73 Å². The van der Waals surface area contributed by atoms with Gasteiger partial charge in [-0.25, -0.2) is 0 Å². The van der Waals surface area contributed by atoms with E-state index in [1.54, 1.807) is 0 Å². The molecule has 0 amide bonds. The second-order valence-corrected chi connectivity index (χ2v) is 3.08. The third-order valence-corrected chi connectivity index (χ3v) is 2.43. The van der Waals surface area contributed by atoms with Gasteiger partial charge >= 0.3 is 0 Å². The van der Waals surface area contributed by atoms with E-state index >= 15 is 0 Å². The van der Waals surface area contributed by atoms with Gasteiger partial charge in [-0.05, 0) is 12.8 Å². The minimum Gasteiger partial charge on any atom is -0.391 e. The largest absolute Gasteiger partial charge is 0.391 e. The Bertz CT molecular complexity index is 110. The van der Waals surface area contributed by atoms with Crippen LogP contribution in [0.1, 0.15) is 12.8 Å². The quantitative estimate of drug-likeness (QED) is 0.384. The van der Waals surface area contributed by atoms with Crippen molar-refractivity contribution in [3.8, 4) is 0 Å². The maximum Gasteiger partial charge on any atom is 0.0709 e. The van der Waals surface area contributed by atoms with Crippen molar-refractivity contribution in [1.29, 1.82) is 0 Å². The molecular formula is C6H12N2O. The number of nitrogens with one attached hydrogen (secondary N) is 1. The van der Waals surface area contributed by atoms with Crippen LogP contribution in [0.5, 0.6) is 0 Å². The van der Waals surface area contributed by atoms with Gasteiger partial charge < -0.3 is 16.2 Å². The van der Waals surface area contributed by atoms with Crippen LogP contribution in [0.4, 0.5) is 0 Å². The van der Waals surface area contributed by atoms with Gasteiger partial charge in [0.05, 0.1) is 6.10 Å². The first-order valence-corrected chi connectivity index (χ1v) is 3.47. The van der Waals surface area contributed by atoms with E-state index < -0.39 is 0 Å². The molecule has 2 bridgehead atoms. The van der Waals surface area contributed by atoms with Crippen molar-refractivity contribution in [2.75, 3.05) is 0 Å². The van der Waals surface area contributed by atoms with Crippen molar-refractivity contribution >= 4 is 0 Å². The molecule has 0 saturated carbocycles. The minimum atomic E-state index is -0.130. The molecule has 52 valence electrons. The minimum absolute atomic E-state index is 0.130. The van der Waals surface area contributed by atoms with Gasteiger partial charge in [0.1, 0.15) is 0 Å². The molecule has 9 heavy (non-hydrogen) atoms. The van der Waals surface area contributed by atoms with Crippen LogP contribution in [-0.4, -0.2) is 29.3 Å². The molecule has 0 aliphatic carbocycles. The number of fused-ring (bicyclic) bond motifs is 2. The van der Waals surface area contributed by atoms with E-state index in [0.29, 0.717) is 18.1 Å². The number of hydrogen-bond donors (Lipinski definition) is 3. The number of aliphatic hydroxyl groups excluding tert-OH is 1. The monoisotopic (exact) mass is 128 g/mol. The summed E-state index contributed by atoms with van der Waals surface area (Å²) in [6.45, 7) is 0. The smallest absolute Gasteiger partial charge is 0.0709 e. The lowest BCUT2D eigenvalue weighted by atomic mass is 9.94. The van der Waals surface area contributed by atoms with Crippen LogP contribution in [0.3, 0.4) is 0 Å². The second-order valence-electron chi connectivity index (χ2n) is 3.08. The van der Waals surface area contributed by atoms with Crippen LogP contribution >= 0.6 is 0 Å². The van der Waals surface area contributed by atoms with Gasteiger partial charge in [0.15, 0.2) is 0 Å². The lowest BCUT2D eigenvalue weighted by molar-refractivity contribution is 0.141. The van der Waals surface area contributed by atoms with E-state index in [-0.39, 0.29) is 6.10 Å². The van der Waals surface area contributed by atoms with Crippen molar-refractivity contribution in [3.63, 3.8) is 0 Å². The topological polar surface area (TPSA) is 58.3 Å². The van der Waals surface area contributed by atoms with E-state index in [0.717, 1.165) is 12.8 Å². The van der Waals surface area contributed by atoms with Crippen LogP contribution < -0.4 is 11.1 Å². The fraction of sp³-hybridized carbons (Fsp3) is 1.00. The van der Waals surface area contributed by atoms with E-state index in [2.05, 4.69) is 5.32 Å². The van der Waals surface area contributed by atoms with Gasteiger partial charge in [-0.3, -0.25) is 0 Å². The highest BCUT2D eigenvalue weighted by Crippen LogP contribution is 2.27. The zero-order chi connectivity index (χ0) is 6.43. The van der Waals surface area contributed by atoms with Gasteiger partial charge in [0.25, 0.3) is 0 Å². The Morgan fingerprint density at radius 3 is 2.44 bits per heavy atom. The lowest BCUT2D eigenvalue weighted by Crippen LogP contribution is -2.36. The molecule has 3 heteroatoms. The molecule has 2 saturated heterocycles. The summed E-state index contributed by atoms with van der Waals surface area (Å²) < 4.78 is 0. The first kappa shape index (κ1) is 5.65. The zero-order valence-corrected chi connectivity index (χ0v) is 5.25. The molecule has 2 rings (SSSR count). The van der Waals surface area contributed by atoms with Crippen LogP contribution in [0.25, 0.3) is 0 Å². The predicted molar refractivity (Wildman–Crippen MR) is 33.9 cm³/mol. The molecule has 4 N–H and O–H groups in total. The molecule has 0 unspecified atom stereocenters. The van der Waals surface area contributed by atoms with Crippen molar-refractivity contribution in [2.45, 2.75) is 37.1 Å². The van der Waals surface area contributed by atoms with Crippen LogP contribution in [0.2, 0.25) is 0 Å². The van der Waals surface area contributed by atoms with Crippen molar-refractivity contribution in [3.05, 3.63) is 0 Å². The lowest BCUT2D eigenvalue weighted by Gasteiger charge is -2.18. The Morgan fingerprint density at radius 2 is 2.11 bits per heavy atom. The van der Waals surface area contributed by atoms with Gasteiger partial charge in [-0.1, -0.05) is 0 Å². The zero-order valence-electron chi connectivity index (χ0n) is 5.25. The average Bonchev–Trinajstić information content (AvgIpc) is 2.24. The molecule has 2 aliphatic heterocycles. The molecule has 0 aromatic rings. The SMILES string of the molecule is N[C@@H]1C[C@H]2N[C@@H]1C[C@@H]2O. The van der Waals surface area contributed by atoms with Crippen LogP contribution in [0.15, 0.2) is 0 Å². The van der Waals surface area contributed by atoms with Crippen molar-refractivity contribution in [1.82, 2.24) is 5.32 Å². The molecule has 2 heterocycles. The highest BCUT2D eigenvalue weighted by Gasteiger charge is 2.42. The molecule has 0 aromatic heterocycles. The first-order chi connectivity index (χ1) is 4.27. The van der Waals surface area contributed by atoms with Gasteiger partial charge in [0, 0.05) is 18.1 Å². The summed E-state index contributed by atoms with van der Waals surface area (Å²) in [7, 11) is 0. The number of aliphatic hydroxyl groups is 1. The normalized spacial score (nSPS) is 56.7. The summed E-state index contributed by atoms with van der Waals surface area (Å²) in [5, 5.41) is 12.5. The predicted octanol–water partition coefficient (Wildman–Crippen LogP) is -1.19. The molecule has 2 aliphatic rings. The fourth-order valence-electron chi connectivity index (χ4n) is 1.86. The number of hydrogen-bond acceptors (Lipinski definition) is 3. The summed E-state index contributed by atoms with van der Waals surface area (Å²) in [4.78, 5) is 0. The number of rotatable bonds is 0. The Kier molecular flexibility index (Phi) is 1.06. The van der Waals surface area contributed by atoms with Gasteiger partial charge in [0.2, 0.25) is 0 Å². The maximum absolute atomic E-state index is 9.22. The number of nitrogens with two attached hydrogens (primary N) is 1. The standard InChI is InChI=1S/C6H12N2O/c7-3-1-5-6(9)2-4(3)8-5/h3-6,8-9H,1-2,7H2/t3-,4-,5-,6+/m1/s1.